The van der Waals surface area contributed by atoms with Crippen molar-refractivity contribution in [3.63, 3.8) is 0 Å². The number of carbonyl (C=O) groups excluding carboxylic acids is 2. The van der Waals surface area contributed by atoms with Crippen molar-refractivity contribution < 1.29 is 14.7 Å². The largest absolute Gasteiger partial charge is 0.503 e. The zero-order chi connectivity index (χ0) is 17.7. The second-order valence-corrected chi connectivity index (χ2v) is 6.65. The van der Waals surface area contributed by atoms with Crippen LogP contribution in [0.15, 0.2) is 35.7 Å². The summed E-state index contributed by atoms with van der Waals surface area (Å²) in [5, 5.41) is 10.3. The summed E-state index contributed by atoms with van der Waals surface area (Å²) in [6.45, 7) is 6.49. The maximum Gasteiger partial charge on any atom is 0.290 e. The number of carbonyl (C=O) groups is 2. The Kier molecular flexibility index (Phi) is 6.12. The number of aromatic nitrogens is 1. The van der Waals surface area contributed by atoms with E-state index in [9.17, 15) is 14.7 Å². The van der Waals surface area contributed by atoms with Gasteiger partial charge in [-0.15, -0.1) is 0 Å². The van der Waals surface area contributed by atoms with Crippen LogP contribution >= 0.6 is 0 Å². The Labute approximate surface area is 143 Å². The first-order valence-electron chi connectivity index (χ1n) is 8.65. The number of ketones is 1. The van der Waals surface area contributed by atoms with Gasteiger partial charge in [0.15, 0.2) is 11.5 Å². The van der Waals surface area contributed by atoms with Crippen LogP contribution in [0.2, 0.25) is 0 Å². The highest BCUT2D eigenvalue weighted by atomic mass is 16.3. The second kappa shape index (κ2) is 8.08. The van der Waals surface area contributed by atoms with E-state index in [0.29, 0.717) is 18.7 Å². The van der Waals surface area contributed by atoms with Crippen LogP contribution in [0, 0.1) is 5.92 Å². The molecular weight excluding hydrogens is 304 g/mol. The third-order valence-corrected chi connectivity index (χ3v) is 4.17. The monoisotopic (exact) mass is 330 g/mol. The summed E-state index contributed by atoms with van der Waals surface area (Å²) in [6.07, 6.45) is 4.82. The molecule has 0 radical (unpaired) electrons. The molecule has 0 aromatic carbocycles. The molecule has 24 heavy (non-hydrogen) atoms. The predicted octanol–water partition coefficient (Wildman–Crippen LogP) is 3.58. The molecule has 1 amide bonds. The summed E-state index contributed by atoms with van der Waals surface area (Å²) in [6, 6.07) is 4.84. The van der Waals surface area contributed by atoms with Gasteiger partial charge in [-0.05, 0) is 24.5 Å². The number of aliphatic hydroxyl groups is 1. The molecule has 0 aliphatic carbocycles. The normalized spacial score (nSPS) is 17.9. The number of Topliss-reactive ketones (excluding diaryl/α,β-unsaturated/α-hetero) is 1. The van der Waals surface area contributed by atoms with E-state index in [1.54, 1.807) is 23.2 Å². The minimum atomic E-state index is -0.582. The van der Waals surface area contributed by atoms with E-state index < -0.39 is 17.7 Å². The fourth-order valence-corrected chi connectivity index (χ4v) is 3.03. The fraction of sp³-hybridized carbons (Fsp3) is 0.526. The molecule has 1 aromatic rings. The zero-order valence-corrected chi connectivity index (χ0v) is 14.7. The highest BCUT2D eigenvalue weighted by molar-refractivity contribution is 6.08. The van der Waals surface area contributed by atoms with Gasteiger partial charge in [0.1, 0.15) is 6.04 Å². The van der Waals surface area contributed by atoms with Crippen LogP contribution in [-0.2, 0) is 9.59 Å². The van der Waals surface area contributed by atoms with Crippen LogP contribution in [0.1, 0.15) is 58.2 Å². The van der Waals surface area contributed by atoms with Crippen molar-refractivity contribution >= 4 is 11.7 Å². The van der Waals surface area contributed by atoms with Gasteiger partial charge in [0.05, 0.1) is 11.3 Å². The minimum absolute atomic E-state index is 0.159. The van der Waals surface area contributed by atoms with E-state index in [-0.39, 0.29) is 17.3 Å². The van der Waals surface area contributed by atoms with Crippen LogP contribution < -0.4 is 0 Å². The first-order chi connectivity index (χ1) is 11.5. The highest BCUT2D eigenvalue weighted by Gasteiger charge is 2.43. The first kappa shape index (κ1) is 18.2. The predicted molar refractivity (Wildman–Crippen MR) is 92.3 cm³/mol. The molecule has 0 fully saturated rings. The molecule has 5 heteroatoms. The third kappa shape index (κ3) is 3.83. The van der Waals surface area contributed by atoms with Crippen LogP contribution in [0.4, 0.5) is 0 Å². The van der Waals surface area contributed by atoms with Crippen molar-refractivity contribution in [2.45, 2.75) is 52.5 Å². The number of amides is 1. The Bertz CT molecular complexity index is 623. The van der Waals surface area contributed by atoms with Crippen molar-refractivity contribution in [3.05, 3.63) is 41.4 Å². The topological polar surface area (TPSA) is 70.5 Å². The molecule has 2 rings (SSSR count). The molecule has 0 spiro atoms. The van der Waals surface area contributed by atoms with Crippen molar-refractivity contribution in [1.29, 1.82) is 0 Å². The molecule has 1 unspecified atom stereocenters. The Hall–Kier alpha value is -2.17. The number of hydrogen-bond acceptors (Lipinski definition) is 4. The summed E-state index contributed by atoms with van der Waals surface area (Å²) in [5.74, 6) is -0.891. The molecule has 0 bridgehead atoms. The molecule has 5 nitrogen and oxygen atoms in total. The van der Waals surface area contributed by atoms with Crippen molar-refractivity contribution in [1.82, 2.24) is 9.88 Å². The summed E-state index contributed by atoms with van der Waals surface area (Å²) < 4.78 is 0. The molecule has 0 saturated carbocycles. The number of aliphatic hydroxyl groups excluding tert-OH is 1. The van der Waals surface area contributed by atoms with E-state index >= 15 is 0 Å². The number of nitrogens with zero attached hydrogens (tertiary/aromatic N) is 2. The molecule has 130 valence electrons. The van der Waals surface area contributed by atoms with Crippen LogP contribution in [0.25, 0.3) is 0 Å². The van der Waals surface area contributed by atoms with Crippen molar-refractivity contribution in [2.75, 3.05) is 6.54 Å². The van der Waals surface area contributed by atoms with Gasteiger partial charge in [-0.25, -0.2) is 0 Å². The van der Waals surface area contributed by atoms with Crippen molar-refractivity contribution in [2.24, 2.45) is 5.92 Å². The molecule has 1 aliphatic rings. The van der Waals surface area contributed by atoms with Crippen LogP contribution in [-0.4, -0.2) is 33.2 Å². The number of unbranched alkanes of at least 4 members (excludes halogenated alkanes) is 2. The minimum Gasteiger partial charge on any atom is -0.503 e. The van der Waals surface area contributed by atoms with Gasteiger partial charge >= 0.3 is 0 Å². The quantitative estimate of drug-likeness (QED) is 0.740. The second-order valence-electron chi connectivity index (χ2n) is 6.65. The highest BCUT2D eigenvalue weighted by Crippen LogP contribution is 2.37. The Morgan fingerprint density at radius 3 is 2.67 bits per heavy atom. The lowest BCUT2D eigenvalue weighted by molar-refractivity contribution is -0.129. The van der Waals surface area contributed by atoms with Gasteiger partial charge in [-0.3, -0.25) is 14.6 Å². The van der Waals surface area contributed by atoms with Gasteiger partial charge in [-0.2, -0.15) is 0 Å². The Morgan fingerprint density at radius 1 is 1.33 bits per heavy atom. The summed E-state index contributed by atoms with van der Waals surface area (Å²) in [5.41, 5.74) is 0.822. The first-order valence-corrected chi connectivity index (χ1v) is 8.65. The average molecular weight is 330 g/mol. The van der Waals surface area contributed by atoms with Crippen LogP contribution in [0.5, 0.6) is 0 Å². The maximum absolute atomic E-state index is 12.6. The number of hydrogen-bond donors (Lipinski definition) is 1. The van der Waals surface area contributed by atoms with E-state index in [1.165, 1.54) is 0 Å². The number of rotatable bonds is 8. The van der Waals surface area contributed by atoms with E-state index in [0.717, 1.165) is 19.3 Å². The molecule has 2 heterocycles. The van der Waals surface area contributed by atoms with Crippen molar-refractivity contribution in [3.8, 4) is 0 Å². The van der Waals surface area contributed by atoms with Crippen LogP contribution in [0.3, 0.4) is 0 Å². The number of pyridine rings is 1. The van der Waals surface area contributed by atoms with Gasteiger partial charge in [-0.1, -0.05) is 39.7 Å². The van der Waals surface area contributed by atoms with Gasteiger partial charge in [0, 0.05) is 19.2 Å². The average Bonchev–Trinajstić information content (AvgIpc) is 2.80. The van der Waals surface area contributed by atoms with E-state index in [1.807, 2.05) is 19.9 Å². The molecule has 1 N–H and O–H groups in total. The van der Waals surface area contributed by atoms with Gasteiger partial charge in [0.2, 0.25) is 0 Å². The lowest BCUT2D eigenvalue weighted by Crippen LogP contribution is -2.32. The van der Waals surface area contributed by atoms with Gasteiger partial charge in [0.25, 0.3) is 5.91 Å². The molecule has 1 aliphatic heterocycles. The lowest BCUT2D eigenvalue weighted by atomic mass is 9.94. The standard InChI is InChI=1S/C19H26N2O3/c1-4-5-8-11-21-17(14-9-6-7-10-20-14)16(18(23)19(21)24)15(22)12-13(2)3/h6-7,9-10,13,17,23H,4-5,8,11-12H2,1-3H3. The lowest BCUT2D eigenvalue weighted by Gasteiger charge is -2.26. The van der Waals surface area contributed by atoms with E-state index in [2.05, 4.69) is 11.9 Å². The van der Waals surface area contributed by atoms with E-state index in [4.69, 9.17) is 0 Å². The summed E-state index contributed by atoms with van der Waals surface area (Å²) >= 11 is 0. The summed E-state index contributed by atoms with van der Waals surface area (Å²) in [7, 11) is 0. The molecular formula is C19H26N2O3. The van der Waals surface area contributed by atoms with Gasteiger partial charge < -0.3 is 10.0 Å². The fourth-order valence-electron chi connectivity index (χ4n) is 3.03. The SMILES string of the molecule is CCCCCN1C(=O)C(O)=C(C(=O)CC(C)C)C1c1ccccn1. The Morgan fingerprint density at radius 2 is 2.08 bits per heavy atom. The summed E-state index contributed by atoms with van der Waals surface area (Å²) in [4.78, 5) is 31.1. The maximum atomic E-state index is 12.6. The molecule has 0 saturated heterocycles. The smallest absolute Gasteiger partial charge is 0.290 e. The zero-order valence-electron chi connectivity index (χ0n) is 14.7. The Balaban J connectivity index is 2.38. The molecule has 1 atom stereocenters. The molecule has 1 aromatic heterocycles. The third-order valence-electron chi connectivity index (χ3n) is 4.17.